The molecule has 0 aliphatic carbocycles. The van der Waals surface area contributed by atoms with E-state index in [9.17, 15) is 13.2 Å². The molecule has 0 radical (unpaired) electrons. The number of benzene rings is 1. The number of halogens is 3. The minimum atomic E-state index is -2.99. The summed E-state index contributed by atoms with van der Waals surface area (Å²) < 4.78 is 41.5. The van der Waals surface area contributed by atoms with Crippen LogP contribution in [0.3, 0.4) is 0 Å². The Morgan fingerprint density at radius 1 is 1.38 bits per heavy atom. The number of rotatable bonds is 5. The van der Waals surface area contributed by atoms with Crippen LogP contribution in [0.4, 0.5) is 13.2 Å². The molecule has 0 saturated carbocycles. The molecule has 1 rings (SSSR count). The van der Waals surface area contributed by atoms with Gasteiger partial charge in [0, 0.05) is 6.61 Å². The topological polar surface area (TPSA) is 29.5 Å². The van der Waals surface area contributed by atoms with Crippen LogP contribution >= 0.6 is 0 Å². The summed E-state index contributed by atoms with van der Waals surface area (Å²) in [5.41, 5.74) is -0.0451. The second-order valence-corrected chi connectivity index (χ2v) is 2.94. The second kappa shape index (κ2) is 6.17. The van der Waals surface area contributed by atoms with Crippen molar-refractivity contribution in [1.82, 2.24) is 0 Å². The Morgan fingerprint density at radius 3 is 2.75 bits per heavy atom. The molecule has 88 valence electrons. The maximum absolute atomic E-state index is 13.3. The lowest BCUT2D eigenvalue weighted by Gasteiger charge is -2.08. The van der Waals surface area contributed by atoms with Crippen LogP contribution in [0.2, 0.25) is 0 Å². The number of hydrogen-bond acceptors (Lipinski definition) is 2. The summed E-state index contributed by atoms with van der Waals surface area (Å²) in [6.45, 7) is -3.08. The molecule has 0 atom stereocenters. The van der Waals surface area contributed by atoms with Crippen molar-refractivity contribution in [3.05, 3.63) is 35.7 Å². The summed E-state index contributed by atoms with van der Waals surface area (Å²) in [5.74, 6) is -0.864. The number of aliphatic hydroxyl groups is 1. The van der Waals surface area contributed by atoms with Gasteiger partial charge in [-0.15, -0.1) is 0 Å². The van der Waals surface area contributed by atoms with Gasteiger partial charge < -0.3 is 9.84 Å². The number of hydrogen-bond donors (Lipinski definition) is 1. The predicted molar refractivity (Wildman–Crippen MR) is 53.8 cm³/mol. The zero-order chi connectivity index (χ0) is 12.0. The SMILES string of the molecule is OCCC=Cc1c(F)cccc1OC(F)F. The zero-order valence-corrected chi connectivity index (χ0v) is 8.37. The molecule has 0 heterocycles. The Bertz CT molecular complexity index is 364. The normalized spacial score (nSPS) is 11.3. The van der Waals surface area contributed by atoms with Crippen molar-refractivity contribution in [2.75, 3.05) is 6.61 Å². The van der Waals surface area contributed by atoms with Gasteiger partial charge in [-0.3, -0.25) is 0 Å². The highest BCUT2D eigenvalue weighted by Crippen LogP contribution is 2.24. The molecule has 1 aromatic carbocycles. The minimum absolute atomic E-state index is 0.0451. The van der Waals surface area contributed by atoms with Gasteiger partial charge in [0.15, 0.2) is 0 Å². The van der Waals surface area contributed by atoms with Gasteiger partial charge in [0.25, 0.3) is 0 Å². The minimum Gasteiger partial charge on any atom is -0.434 e. The Balaban J connectivity index is 2.94. The molecule has 0 amide bonds. The fraction of sp³-hybridized carbons (Fsp3) is 0.273. The summed E-state index contributed by atoms with van der Waals surface area (Å²) in [6.07, 6.45) is 3.11. The summed E-state index contributed by atoms with van der Waals surface area (Å²) in [5, 5.41) is 8.53. The lowest BCUT2D eigenvalue weighted by molar-refractivity contribution is -0.0501. The van der Waals surface area contributed by atoms with Crippen molar-refractivity contribution in [3.63, 3.8) is 0 Å². The van der Waals surface area contributed by atoms with Gasteiger partial charge in [0.05, 0.1) is 5.56 Å². The molecule has 0 aromatic heterocycles. The quantitative estimate of drug-likeness (QED) is 0.845. The highest BCUT2D eigenvalue weighted by atomic mass is 19.3. The van der Waals surface area contributed by atoms with Gasteiger partial charge in [0.1, 0.15) is 11.6 Å². The molecule has 0 unspecified atom stereocenters. The molecule has 1 aromatic rings. The van der Waals surface area contributed by atoms with E-state index in [1.54, 1.807) is 0 Å². The van der Waals surface area contributed by atoms with E-state index < -0.39 is 12.4 Å². The van der Waals surface area contributed by atoms with Crippen LogP contribution < -0.4 is 4.74 Å². The second-order valence-electron chi connectivity index (χ2n) is 2.94. The number of alkyl halides is 2. The van der Waals surface area contributed by atoms with E-state index in [1.807, 2.05) is 0 Å². The number of ether oxygens (including phenoxy) is 1. The molecule has 0 fully saturated rings. The fourth-order valence-electron chi connectivity index (χ4n) is 1.15. The van der Waals surface area contributed by atoms with Crippen LogP contribution in [-0.2, 0) is 0 Å². The Morgan fingerprint density at radius 2 is 2.12 bits per heavy atom. The number of aliphatic hydroxyl groups excluding tert-OH is 1. The van der Waals surface area contributed by atoms with Crippen molar-refractivity contribution in [2.45, 2.75) is 13.0 Å². The lowest BCUT2D eigenvalue weighted by atomic mass is 10.1. The molecular formula is C11H11F3O2. The van der Waals surface area contributed by atoms with Crippen LogP contribution in [0.15, 0.2) is 24.3 Å². The standard InChI is InChI=1S/C11H11F3O2/c12-9-5-3-6-10(16-11(13)14)8(9)4-1-2-7-15/h1,3-6,11,15H,2,7H2. The molecule has 0 aliphatic heterocycles. The van der Waals surface area contributed by atoms with E-state index >= 15 is 0 Å². The van der Waals surface area contributed by atoms with E-state index in [4.69, 9.17) is 5.11 Å². The lowest BCUT2D eigenvalue weighted by Crippen LogP contribution is -2.04. The third-order valence-corrected chi connectivity index (χ3v) is 1.81. The first kappa shape index (κ1) is 12.6. The average Bonchev–Trinajstić information content (AvgIpc) is 2.21. The largest absolute Gasteiger partial charge is 0.434 e. The summed E-state index contributed by atoms with van der Waals surface area (Å²) in [6, 6.07) is 3.70. The summed E-state index contributed by atoms with van der Waals surface area (Å²) in [4.78, 5) is 0. The van der Waals surface area contributed by atoms with Crippen LogP contribution in [-0.4, -0.2) is 18.3 Å². The van der Waals surface area contributed by atoms with Crippen molar-refractivity contribution >= 4 is 6.08 Å². The molecule has 0 bridgehead atoms. The van der Waals surface area contributed by atoms with Gasteiger partial charge in [-0.25, -0.2) is 4.39 Å². The van der Waals surface area contributed by atoms with E-state index in [-0.39, 0.29) is 17.9 Å². The van der Waals surface area contributed by atoms with E-state index in [0.717, 1.165) is 6.07 Å². The van der Waals surface area contributed by atoms with Crippen LogP contribution in [0.1, 0.15) is 12.0 Å². The first-order valence-corrected chi connectivity index (χ1v) is 4.66. The van der Waals surface area contributed by atoms with Crippen molar-refractivity contribution in [3.8, 4) is 5.75 Å². The third kappa shape index (κ3) is 3.58. The van der Waals surface area contributed by atoms with Gasteiger partial charge >= 0.3 is 6.61 Å². The molecule has 2 nitrogen and oxygen atoms in total. The molecule has 0 spiro atoms. The molecule has 0 saturated heterocycles. The Hall–Kier alpha value is -1.49. The highest BCUT2D eigenvalue weighted by Gasteiger charge is 2.10. The molecule has 5 heteroatoms. The first-order chi connectivity index (χ1) is 7.65. The predicted octanol–water partition coefficient (Wildman–Crippen LogP) is 2.82. The van der Waals surface area contributed by atoms with Gasteiger partial charge in [-0.05, 0) is 18.6 Å². The smallest absolute Gasteiger partial charge is 0.387 e. The van der Waals surface area contributed by atoms with E-state index in [2.05, 4.69) is 4.74 Å². The maximum Gasteiger partial charge on any atom is 0.387 e. The van der Waals surface area contributed by atoms with Crippen molar-refractivity contribution < 1.29 is 23.0 Å². The monoisotopic (exact) mass is 232 g/mol. The van der Waals surface area contributed by atoms with E-state index in [0.29, 0.717) is 6.42 Å². The molecular weight excluding hydrogens is 221 g/mol. The fourth-order valence-corrected chi connectivity index (χ4v) is 1.15. The van der Waals surface area contributed by atoms with Crippen molar-refractivity contribution in [1.29, 1.82) is 0 Å². The van der Waals surface area contributed by atoms with Gasteiger partial charge in [-0.1, -0.05) is 18.2 Å². The maximum atomic E-state index is 13.3. The first-order valence-electron chi connectivity index (χ1n) is 4.66. The summed E-state index contributed by atoms with van der Waals surface area (Å²) in [7, 11) is 0. The molecule has 0 aliphatic rings. The van der Waals surface area contributed by atoms with Crippen LogP contribution in [0.25, 0.3) is 6.08 Å². The van der Waals surface area contributed by atoms with Crippen LogP contribution in [0, 0.1) is 5.82 Å². The highest BCUT2D eigenvalue weighted by molar-refractivity contribution is 5.57. The van der Waals surface area contributed by atoms with Gasteiger partial charge in [0.2, 0.25) is 0 Å². The Kier molecular flexibility index (Phi) is 4.85. The summed E-state index contributed by atoms with van der Waals surface area (Å²) >= 11 is 0. The Labute approximate surface area is 91.0 Å². The van der Waals surface area contributed by atoms with E-state index in [1.165, 1.54) is 24.3 Å². The third-order valence-electron chi connectivity index (χ3n) is 1.81. The van der Waals surface area contributed by atoms with Crippen molar-refractivity contribution in [2.24, 2.45) is 0 Å². The average molecular weight is 232 g/mol. The van der Waals surface area contributed by atoms with Crippen LogP contribution in [0.5, 0.6) is 5.75 Å². The molecule has 1 N–H and O–H groups in total. The zero-order valence-electron chi connectivity index (χ0n) is 8.37. The van der Waals surface area contributed by atoms with Gasteiger partial charge in [-0.2, -0.15) is 8.78 Å². The molecule has 16 heavy (non-hydrogen) atoms.